The molecule has 2 unspecified atom stereocenters. The van der Waals surface area contributed by atoms with Crippen molar-refractivity contribution in [3.8, 4) is 5.75 Å². The van der Waals surface area contributed by atoms with Crippen LogP contribution >= 0.6 is 0 Å². The maximum absolute atomic E-state index is 9.62. The Morgan fingerprint density at radius 2 is 2.11 bits per heavy atom. The lowest BCUT2D eigenvalue weighted by Crippen LogP contribution is -2.55. The molecule has 2 atom stereocenters. The number of hydrogen-bond acceptors (Lipinski definition) is 3. The highest BCUT2D eigenvalue weighted by Gasteiger charge is 2.31. The summed E-state index contributed by atoms with van der Waals surface area (Å²) in [7, 11) is 0. The average Bonchev–Trinajstić information content (AvgIpc) is 2.46. The molecule has 3 heteroatoms. The number of aromatic hydroxyl groups is 1. The summed E-state index contributed by atoms with van der Waals surface area (Å²) in [4.78, 5) is 5.23. The molecule has 1 aromatic rings. The number of rotatable bonds is 2. The Morgan fingerprint density at radius 1 is 1.21 bits per heavy atom. The summed E-state index contributed by atoms with van der Waals surface area (Å²) in [5.41, 5.74) is 1.23. The lowest BCUT2D eigenvalue weighted by molar-refractivity contribution is 0.0307. The van der Waals surface area contributed by atoms with Crippen molar-refractivity contribution >= 4 is 0 Å². The van der Waals surface area contributed by atoms with Crippen molar-refractivity contribution in [1.82, 2.24) is 9.80 Å². The van der Waals surface area contributed by atoms with Gasteiger partial charge in [0, 0.05) is 31.7 Å². The molecule has 0 amide bonds. The highest BCUT2D eigenvalue weighted by Crippen LogP contribution is 2.28. The molecule has 0 saturated carbocycles. The van der Waals surface area contributed by atoms with Crippen molar-refractivity contribution in [3.05, 3.63) is 29.8 Å². The Labute approximate surface area is 115 Å². The first kappa shape index (κ1) is 12.9. The molecule has 2 fully saturated rings. The molecular weight excluding hydrogens is 236 g/mol. The number of phenols is 1. The summed E-state index contributed by atoms with van der Waals surface area (Å²) >= 11 is 0. The van der Waals surface area contributed by atoms with Crippen LogP contribution in [0, 0.1) is 0 Å². The summed E-state index contributed by atoms with van der Waals surface area (Å²) in [6.07, 6.45) is 4.11. The number of nitrogens with zero attached hydrogens (tertiary/aromatic N) is 2. The molecule has 0 spiro atoms. The minimum absolute atomic E-state index is 0.376. The summed E-state index contributed by atoms with van der Waals surface area (Å²) in [6.45, 7) is 7.07. The monoisotopic (exact) mass is 260 g/mol. The molecular formula is C16H24N2O. The minimum atomic E-state index is 0.376. The van der Waals surface area contributed by atoms with Crippen LogP contribution in [0.2, 0.25) is 0 Å². The van der Waals surface area contributed by atoms with Crippen LogP contribution in [0.4, 0.5) is 0 Å². The highest BCUT2D eigenvalue weighted by molar-refractivity contribution is 5.29. The Hall–Kier alpha value is -1.06. The van der Waals surface area contributed by atoms with Gasteiger partial charge in [0.2, 0.25) is 0 Å². The number of phenolic OH excluding ortho intramolecular Hbond substituents is 1. The van der Waals surface area contributed by atoms with Crippen molar-refractivity contribution in [2.45, 2.75) is 38.3 Å². The molecule has 2 aliphatic rings. The third kappa shape index (κ3) is 2.77. The van der Waals surface area contributed by atoms with E-state index in [4.69, 9.17) is 0 Å². The fourth-order valence-corrected chi connectivity index (χ4v) is 3.53. The van der Waals surface area contributed by atoms with Crippen LogP contribution in [0.5, 0.6) is 5.75 Å². The topological polar surface area (TPSA) is 26.7 Å². The lowest BCUT2D eigenvalue weighted by atomic mass is 9.97. The molecule has 0 aliphatic carbocycles. The number of fused-ring (bicyclic) bond motifs is 1. The molecule has 3 nitrogen and oxygen atoms in total. The number of piperidine rings is 1. The van der Waals surface area contributed by atoms with Gasteiger partial charge in [-0.3, -0.25) is 9.80 Å². The van der Waals surface area contributed by atoms with Gasteiger partial charge >= 0.3 is 0 Å². The summed E-state index contributed by atoms with van der Waals surface area (Å²) < 4.78 is 0. The lowest BCUT2D eigenvalue weighted by Gasteiger charge is -2.46. The van der Waals surface area contributed by atoms with Crippen LogP contribution in [0.3, 0.4) is 0 Å². The van der Waals surface area contributed by atoms with Gasteiger partial charge in [-0.1, -0.05) is 18.6 Å². The largest absolute Gasteiger partial charge is 0.508 e. The van der Waals surface area contributed by atoms with Crippen LogP contribution in [0.1, 0.15) is 37.8 Å². The molecule has 2 saturated heterocycles. The van der Waals surface area contributed by atoms with E-state index in [0.717, 1.165) is 12.6 Å². The molecule has 19 heavy (non-hydrogen) atoms. The van der Waals surface area contributed by atoms with E-state index in [1.807, 2.05) is 12.1 Å². The van der Waals surface area contributed by atoms with Gasteiger partial charge < -0.3 is 5.11 Å². The van der Waals surface area contributed by atoms with Crippen molar-refractivity contribution < 1.29 is 5.11 Å². The zero-order valence-electron chi connectivity index (χ0n) is 11.8. The summed E-state index contributed by atoms with van der Waals surface area (Å²) in [5, 5.41) is 9.62. The van der Waals surface area contributed by atoms with E-state index in [2.05, 4.69) is 22.8 Å². The van der Waals surface area contributed by atoms with Gasteiger partial charge in [0.15, 0.2) is 0 Å². The Balaban J connectivity index is 1.69. The second kappa shape index (κ2) is 5.51. The predicted octanol–water partition coefficient (Wildman–Crippen LogP) is 2.62. The third-order valence-corrected chi connectivity index (χ3v) is 4.77. The molecule has 2 heterocycles. The zero-order chi connectivity index (χ0) is 13.2. The number of piperazine rings is 1. The first-order valence-corrected chi connectivity index (χ1v) is 7.51. The van der Waals surface area contributed by atoms with E-state index in [1.165, 1.54) is 44.5 Å². The number of benzene rings is 1. The first-order valence-electron chi connectivity index (χ1n) is 7.51. The predicted molar refractivity (Wildman–Crippen MR) is 77.3 cm³/mol. The molecule has 0 bridgehead atoms. The SMILES string of the molecule is CC(c1cccc(O)c1)N1CCN2CCCCC2C1. The molecule has 104 valence electrons. The fourth-order valence-electron chi connectivity index (χ4n) is 3.53. The normalized spacial score (nSPS) is 26.9. The first-order chi connectivity index (χ1) is 9.24. The maximum Gasteiger partial charge on any atom is 0.115 e. The van der Waals surface area contributed by atoms with Crippen LogP contribution in [0.25, 0.3) is 0 Å². The zero-order valence-corrected chi connectivity index (χ0v) is 11.8. The molecule has 1 N–H and O–H groups in total. The van der Waals surface area contributed by atoms with Gasteiger partial charge in [-0.15, -0.1) is 0 Å². The Bertz CT molecular complexity index is 435. The van der Waals surface area contributed by atoms with Crippen molar-refractivity contribution in [3.63, 3.8) is 0 Å². The van der Waals surface area contributed by atoms with Gasteiger partial charge in [-0.2, -0.15) is 0 Å². The third-order valence-electron chi connectivity index (χ3n) is 4.77. The van der Waals surface area contributed by atoms with Gasteiger partial charge in [0.1, 0.15) is 5.75 Å². The molecule has 1 aromatic carbocycles. The van der Waals surface area contributed by atoms with E-state index in [-0.39, 0.29) is 0 Å². The smallest absolute Gasteiger partial charge is 0.115 e. The van der Waals surface area contributed by atoms with E-state index < -0.39 is 0 Å². The number of hydrogen-bond donors (Lipinski definition) is 1. The van der Waals surface area contributed by atoms with Crippen LogP contribution < -0.4 is 0 Å². The van der Waals surface area contributed by atoms with Gasteiger partial charge in [0.05, 0.1) is 0 Å². The maximum atomic E-state index is 9.62. The van der Waals surface area contributed by atoms with Gasteiger partial charge in [0.25, 0.3) is 0 Å². The fraction of sp³-hybridized carbons (Fsp3) is 0.625. The van der Waals surface area contributed by atoms with E-state index in [9.17, 15) is 5.11 Å². The molecule has 2 aliphatic heterocycles. The van der Waals surface area contributed by atoms with E-state index in [1.54, 1.807) is 6.07 Å². The molecule has 3 rings (SSSR count). The van der Waals surface area contributed by atoms with Crippen molar-refractivity contribution in [2.24, 2.45) is 0 Å². The Morgan fingerprint density at radius 3 is 2.95 bits per heavy atom. The summed E-state index contributed by atoms with van der Waals surface area (Å²) in [5.74, 6) is 0.376. The standard InChI is InChI=1S/C16H24N2O/c1-13(14-5-4-7-16(19)11-14)18-10-9-17-8-3-2-6-15(17)12-18/h4-5,7,11,13,15,19H,2-3,6,8-10,12H2,1H3. The molecule has 0 aromatic heterocycles. The Kier molecular flexibility index (Phi) is 3.76. The van der Waals surface area contributed by atoms with Crippen molar-refractivity contribution in [1.29, 1.82) is 0 Å². The van der Waals surface area contributed by atoms with Crippen LogP contribution in [-0.4, -0.2) is 47.1 Å². The van der Waals surface area contributed by atoms with Gasteiger partial charge in [-0.25, -0.2) is 0 Å². The second-order valence-electron chi connectivity index (χ2n) is 5.95. The second-order valence-corrected chi connectivity index (χ2v) is 5.95. The quantitative estimate of drug-likeness (QED) is 0.885. The average molecular weight is 260 g/mol. The molecule has 0 radical (unpaired) electrons. The van der Waals surface area contributed by atoms with Crippen LogP contribution in [-0.2, 0) is 0 Å². The minimum Gasteiger partial charge on any atom is -0.508 e. The van der Waals surface area contributed by atoms with Gasteiger partial charge in [-0.05, 0) is 44.0 Å². The summed E-state index contributed by atoms with van der Waals surface area (Å²) in [6, 6.07) is 8.86. The van der Waals surface area contributed by atoms with E-state index in [0.29, 0.717) is 11.8 Å². The van der Waals surface area contributed by atoms with Crippen molar-refractivity contribution in [2.75, 3.05) is 26.2 Å². The van der Waals surface area contributed by atoms with Crippen LogP contribution in [0.15, 0.2) is 24.3 Å². The van der Waals surface area contributed by atoms with E-state index >= 15 is 0 Å². The highest BCUT2D eigenvalue weighted by atomic mass is 16.3.